The Morgan fingerprint density at radius 1 is 1.25 bits per heavy atom. The Kier molecular flexibility index (Phi) is 3.50. The van der Waals surface area contributed by atoms with Gasteiger partial charge in [-0.1, -0.05) is 35.8 Å². The summed E-state index contributed by atoms with van der Waals surface area (Å²) < 4.78 is 1.63. The first-order chi connectivity index (χ1) is 9.72. The van der Waals surface area contributed by atoms with E-state index in [2.05, 4.69) is 15.6 Å². The molecule has 1 N–H and O–H groups in total. The second-order valence-corrected chi connectivity index (χ2v) is 5.34. The van der Waals surface area contributed by atoms with Crippen molar-refractivity contribution < 1.29 is 4.79 Å². The Morgan fingerprint density at radius 2 is 1.95 bits per heavy atom. The number of carbonyl (C=O) groups is 1. The van der Waals surface area contributed by atoms with Gasteiger partial charge in [-0.2, -0.15) is 0 Å². The lowest BCUT2D eigenvalue weighted by Crippen LogP contribution is -2.32. The third-order valence-electron chi connectivity index (χ3n) is 3.71. The molecule has 104 valence electrons. The van der Waals surface area contributed by atoms with Gasteiger partial charge in [0.05, 0.1) is 11.9 Å². The summed E-state index contributed by atoms with van der Waals surface area (Å²) in [6.07, 6.45) is 6.20. The standard InChI is InChI=1S/C15H18N4O/c1-11-6-8-13(9-7-11)19-10-14(17-18-19)15(20)16-12-4-2-3-5-12/h6-10,12H,2-5H2,1H3,(H,16,20). The predicted octanol–water partition coefficient (Wildman–Crippen LogP) is 2.25. The van der Waals surface area contributed by atoms with Crippen LogP contribution in [0.4, 0.5) is 0 Å². The molecule has 0 radical (unpaired) electrons. The lowest BCUT2D eigenvalue weighted by Gasteiger charge is -2.09. The summed E-state index contributed by atoms with van der Waals surface area (Å²) in [5.74, 6) is -0.129. The lowest BCUT2D eigenvalue weighted by atomic mass is 10.2. The predicted molar refractivity (Wildman–Crippen MR) is 75.8 cm³/mol. The van der Waals surface area contributed by atoms with Crippen LogP contribution in [-0.4, -0.2) is 26.9 Å². The summed E-state index contributed by atoms with van der Waals surface area (Å²) in [4.78, 5) is 12.1. The van der Waals surface area contributed by atoms with E-state index in [0.717, 1.165) is 18.5 Å². The van der Waals surface area contributed by atoms with Gasteiger partial charge in [0.25, 0.3) is 5.91 Å². The van der Waals surface area contributed by atoms with Crippen LogP contribution >= 0.6 is 0 Å². The number of nitrogens with one attached hydrogen (secondary N) is 1. The number of nitrogens with zero attached hydrogens (tertiary/aromatic N) is 3. The molecule has 3 rings (SSSR count). The van der Waals surface area contributed by atoms with Crippen LogP contribution in [-0.2, 0) is 0 Å². The van der Waals surface area contributed by atoms with Crippen LogP contribution < -0.4 is 5.32 Å². The SMILES string of the molecule is Cc1ccc(-n2cc(C(=O)NC3CCCC3)nn2)cc1. The van der Waals surface area contributed by atoms with Gasteiger partial charge in [-0.25, -0.2) is 4.68 Å². The van der Waals surface area contributed by atoms with E-state index < -0.39 is 0 Å². The maximum Gasteiger partial charge on any atom is 0.273 e. The van der Waals surface area contributed by atoms with Crippen LogP contribution in [0.5, 0.6) is 0 Å². The molecule has 0 unspecified atom stereocenters. The number of rotatable bonds is 3. The Hall–Kier alpha value is -2.17. The summed E-state index contributed by atoms with van der Waals surface area (Å²) in [7, 11) is 0. The monoisotopic (exact) mass is 270 g/mol. The molecule has 2 aromatic rings. The number of benzene rings is 1. The van der Waals surface area contributed by atoms with Crippen molar-refractivity contribution in [2.24, 2.45) is 0 Å². The minimum atomic E-state index is -0.129. The fourth-order valence-electron chi connectivity index (χ4n) is 2.52. The number of amides is 1. The number of carbonyl (C=O) groups excluding carboxylic acids is 1. The number of aromatic nitrogens is 3. The molecular weight excluding hydrogens is 252 g/mol. The Balaban J connectivity index is 1.72. The fourth-order valence-corrected chi connectivity index (χ4v) is 2.52. The molecule has 1 aliphatic rings. The second kappa shape index (κ2) is 5.45. The first kappa shape index (κ1) is 12.8. The van der Waals surface area contributed by atoms with E-state index in [0.29, 0.717) is 11.7 Å². The lowest BCUT2D eigenvalue weighted by molar-refractivity contribution is 0.0932. The third-order valence-corrected chi connectivity index (χ3v) is 3.71. The molecule has 1 heterocycles. The zero-order valence-corrected chi connectivity index (χ0v) is 11.5. The zero-order chi connectivity index (χ0) is 13.9. The molecule has 0 bridgehead atoms. The molecule has 0 atom stereocenters. The van der Waals surface area contributed by atoms with Crippen molar-refractivity contribution in [1.82, 2.24) is 20.3 Å². The molecule has 5 nitrogen and oxygen atoms in total. The Bertz CT molecular complexity index is 597. The quantitative estimate of drug-likeness (QED) is 0.930. The molecule has 0 spiro atoms. The molecular formula is C15H18N4O. The molecule has 20 heavy (non-hydrogen) atoms. The second-order valence-electron chi connectivity index (χ2n) is 5.34. The molecule has 1 aromatic carbocycles. The zero-order valence-electron chi connectivity index (χ0n) is 11.5. The Labute approximate surface area is 118 Å². The average molecular weight is 270 g/mol. The van der Waals surface area contributed by atoms with E-state index in [9.17, 15) is 4.79 Å². The van der Waals surface area contributed by atoms with Crippen molar-refractivity contribution >= 4 is 5.91 Å². The van der Waals surface area contributed by atoms with Crippen molar-refractivity contribution in [2.75, 3.05) is 0 Å². The molecule has 1 aromatic heterocycles. The topological polar surface area (TPSA) is 59.8 Å². The fraction of sp³-hybridized carbons (Fsp3) is 0.400. The average Bonchev–Trinajstić information content (AvgIpc) is 3.10. The smallest absolute Gasteiger partial charge is 0.273 e. The molecule has 5 heteroatoms. The first-order valence-corrected chi connectivity index (χ1v) is 7.02. The van der Waals surface area contributed by atoms with Crippen LogP contribution in [0.1, 0.15) is 41.7 Å². The summed E-state index contributed by atoms with van der Waals surface area (Å²) in [5, 5.41) is 11.0. The minimum absolute atomic E-state index is 0.129. The van der Waals surface area contributed by atoms with Crippen molar-refractivity contribution in [3.8, 4) is 5.69 Å². The largest absolute Gasteiger partial charge is 0.348 e. The van der Waals surface area contributed by atoms with E-state index in [1.165, 1.54) is 18.4 Å². The highest BCUT2D eigenvalue weighted by atomic mass is 16.2. The highest BCUT2D eigenvalue weighted by Crippen LogP contribution is 2.18. The molecule has 0 aliphatic heterocycles. The highest BCUT2D eigenvalue weighted by molar-refractivity contribution is 5.92. The van der Waals surface area contributed by atoms with Crippen molar-refractivity contribution in [3.05, 3.63) is 41.7 Å². The van der Waals surface area contributed by atoms with Crippen LogP contribution in [0.25, 0.3) is 5.69 Å². The molecule has 1 amide bonds. The first-order valence-electron chi connectivity index (χ1n) is 7.02. The molecule has 1 fully saturated rings. The summed E-state index contributed by atoms with van der Waals surface area (Å²) in [6, 6.07) is 8.24. The van der Waals surface area contributed by atoms with E-state index in [1.54, 1.807) is 10.9 Å². The van der Waals surface area contributed by atoms with Crippen molar-refractivity contribution in [2.45, 2.75) is 38.6 Å². The van der Waals surface area contributed by atoms with Crippen LogP contribution in [0.3, 0.4) is 0 Å². The maximum atomic E-state index is 12.1. The molecule has 1 aliphatic carbocycles. The van der Waals surface area contributed by atoms with Gasteiger partial charge in [-0.05, 0) is 31.9 Å². The van der Waals surface area contributed by atoms with Gasteiger partial charge in [0, 0.05) is 6.04 Å². The van der Waals surface area contributed by atoms with Crippen LogP contribution in [0, 0.1) is 6.92 Å². The minimum Gasteiger partial charge on any atom is -0.348 e. The van der Waals surface area contributed by atoms with E-state index in [1.807, 2.05) is 31.2 Å². The normalized spacial score (nSPS) is 15.4. The van der Waals surface area contributed by atoms with Gasteiger partial charge in [0.15, 0.2) is 5.69 Å². The maximum absolute atomic E-state index is 12.1. The van der Waals surface area contributed by atoms with Crippen molar-refractivity contribution in [1.29, 1.82) is 0 Å². The summed E-state index contributed by atoms with van der Waals surface area (Å²) >= 11 is 0. The van der Waals surface area contributed by atoms with E-state index >= 15 is 0 Å². The summed E-state index contributed by atoms with van der Waals surface area (Å²) in [6.45, 7) is 2.03. The van der Waals surface area contributed by atoms with Gasteiger partial charge in [-0.3, -0.25) is 4.79 Å². The van der Waals surface area contributed by atoms with E-state index in [4.69, 9.17) is 0 Å². The number of hydrogen-bond acceptors (Lipinski definition) is 3. The van der Waals surface area contributed by atoms with Crippen molar-refractivity contribution in [3.63, 3.8) is 0 Å². The summed E-state index contributed by atoms with van der Waals surface area (Å²) in [5.41, 5.74) is 2.47. The van der Waals surface area contributed by atoms with Crippen LogP contribution in [0.2, 0.25) is 0 Å². The number of hydrogen-bond donors (Lipinski definition) is 1. The van der Waals surface area contributed by atoms with Gasteiger partial charge in [0.1, 0.15) is 0 Å². The van der Waals surface area contributed by atoms with Gasteiger partial charge < -0.3 is 5.32 Å². The van der Waals surface area contributed by atoms with Gasteiger partial charge in [0.2, 0.25) is 0 Å². The van der Waals surface area contributed by atoms with E-state index in [-0.39, 0.29) is 5.91 Å². The highest BCUT2D eigenvalue weighted by Gasteiger charge is 2.19. The van der Waals surface area contributed by atoms with Crippen LogP contribution in [0.15, 0.2) is 30.5 Å². The number of aryl methyl sites for hydroxylation is 1. The third kappa shape index (κ3) is 2.71. The molecule has 1 saturated carbocycles. The molecule has 0 saturated heterocycles. The Morgan fingerprint density at radius 3 is 2.65 bits per heavy atom. The van der Waals surface area contributed by atoms with Gasteiger partial charge >= 0.3 is 0 Å². The van der Waals surface area contributed by atoms with Gasteiger partial charge in [-0.15, -0.1) is 5.10 Å².